The molecule has 3 rings (SSSR count). The molecule has 0 fully saturated rings. The van der Waals surface area contributed by atoms with Gasteiger partial charge in [0.25, 0.3) is 0 Å². The number of benzene rings is 2. The Labute approximate surface area is 163 Å². The van der Waals surface area contributed by atoms with Crippen LogP contribution in [-0.4, -0.2) is 38.4 Å². The maximum Gasteiger partial charge on any atom is 0.230 e. The first kappa shape index (κ1) is 19.1. The molecule has 0 aliphatic carbocycles. The van der Waals surface area contributed by atoms with Crippen LogP contribution in [0.4, 0.5) is 0 Å². The summed E-state index contributed by atoms with van der Waals surface area (Å²) in [6.07, 6.45) is 0. The molecule has 0 unspecified atom stereocenters. The van der Waals surface area contributed by atoms with Gasteiger partial charge in [-0.3, -0.25) is 4.79 Å². The lowest BCUT2D eigenvalue weighted by Gasteiger charge is -2.13. The van der Waals surface area contributed by atoms with Crippen LogP contribution < -0.4 is 5.32 Å². The van der Waals surface area contributed by atoms with Gasteiger partial charge in [0.1, 0.15) is 0 Å². The third-order valence-electron chi connectivity index (χ3n) is 4.33. The Bertz CT molecular complexity index is 910. The average molecular weight is 382 g/mol. The molecule has 0 bridgehead atoms. The highest BCUT2D eigenvalue weighted by atomic mass is 32.2. The van der Waals surface area contributed by atoms with Crippen molar-refractivity contribution in [3.8, 4) is 5.69 Å². The maximum absolute atomic E-state index is 12.2. The molecule has 0 radical (unpaired) electrons. The van der Waals surface area contributed by atoms with Gasteiger partial charge in [-0.2, -0.15) is 4.68 Å². The van der Waals surface area contributed by atoms with E-state index in [9.17, 15) is 4.79 Å². The zero-order valence-electron chi connectivity index (χ0n) is 15.7. The van der Waals surface area contributed by atoms with Gasteiger partial charge < -0.3 is 5.32 Å². The van der Waals surface area contributed by atoms with E-state index in [1.165, 1.54) is 22.9 Å². The molecule has 1 amide bonds. The number of amides is 1. The van der Waals surface area contributed by atoms with Crippen molar-refractivity contribution in [3.05, 3.63) is 65.2 Å². The van der Waals surface area contributed by atoms with Crippen LogP contribution in [0, 0.1) is 13.8 Å². The topological polar surface area (TPSA) is 72.7 Å². The van der Waals surface area contributed by atoms with Crippen LogP contribution >= 0.6 is 11.8 Å². The lowest BCUT2D eigenvalue weighted by atomic mass is 10.0. The summed E-state index contributed by atoms with van der Waals surface area (Å²) in [5.74, 6) is 0.505. The molecule has 2 aromatic carbocycles. The van der Waals surface area contributed by atoms with Gasteiger partial charge in [0.2, 0.25) is 11.1 Å². The first-order valence-corrected chi connectivity index (χ1v) is 9.83. The lowest BCUT2D eigenvalue weighted by molar-refractivity contribution is -0.118. The minimum atomic E-state index is -0.0297. The lowest BCUT2D eigenvalue weighted by Crippen LogP contribution is -2.29. The van der Waals surface area contributed by atoms with E-state index in [0.29, 0.717) is 11.7 Å². The Kier molecular flexibility index (Phi) is 6.24. The Hall–Kier alpha value is -2.67. The first-order valence-electron chi connectivity index (χ1n) is 8.85. The van der Waals surface area contributed by atoms with Crippen LogP contribution in [0.2, 0.25) is 0 Å². The molecule has 0 aliphatic heterocycles. The molecule has 1 atom stereocenters. The van der Waals surface area contributed by atoms with Crippen LogP contribution in [-0.2, 0) is 4.79 Å². The Morgan fingerprint density at radius 2 is 1.96 bits per heavy atom. The molecular formula is C20H23N5OS. The van der Waals surface area contributed by atoms with E-state index < -0.39 is 0 Å². The fraction of sp³-hybridized carbons (Fsp3) is 0.300. The highest BCUT2D eigenvalue weighted by Gasteiger charge is 2.14. The molecule has 27 heavy (non-hydrogen) atoms. The van der Waals surface area contributed by atoms with Crippen molar-refractivity contribution < 1.29 is 4.79 Å². The van der Waals surface area contributed by atoms with Crippen LogP contribution in [0.25, 0.3) is 5.69 Å². The van der Waals surface area contributed by atoms with Gasteiger partial charge in [0, 0.05) is 6.54 Å². The van der Waals surface area contributed by atoms with Gasteiger partial charge in [-0.05, 0) is 47.4 Å². The number of nitrogens with zero attached hydrogens (tertiary/aromatic N) is 4. The summed E-state index contributed by atoms with van der Waals surface area (Å²) in [4.78, 5) is 12.2. The van der Waals surface area contributed by atoms with Gasteiger partial charge >= 0.3 is 0 Å². The van der Waals surface area contributed by atoms with Gasteiger partial charge in [0.05, 0.1) is 11.4 Å². The highest BCUT2D eigenvalue weighted by molar-refractivity contribution is 7.99. The minimum Gasteiger partial charge on any atom is -0.355 e. The normalized spacial score (nSPS) is 12.0. The SMILES string of the molecule is Cc1ccc(-n2nnnc2SCC(=O)NC[C@H](C)c2ccccc2)c(C)c1. The summed E-state index contributed by atoms with van der Waals surface area (Å²) < 4.78 is 1.68. The predicted octanol–water partition coefficient (Wildman–Crippen LogP) is 3.29. The van der Waals surface area contributed by atoms with Gasteiger partial charge in [-0.25, -0.2) is 0 Å². The van der Waals surface area contributed by atoms with Crippen molar-refractivity contribution in [2.45, 2.75) is 31.8 Å². The van der Waals surface area contributed by atoms with Crippen molar-refractivity contribution >= 4 is 17.7 Å². The number of hydrogen-bond donors (Lipinski definition) is 1. The largest absolute Gasteiger partial charge is 0.355 e. The molecule has 1 aromatic heterocycles. The zero-order chi connectivity index (χ0) is 19.2. The number of tetrazole rings is 1. The third-order valence-corrected chi connectivity index (χ3v) is 5.25. The quantitative estimate of drug-likeness (QED) is 0.636. The molecule has 1 N–H and O–H groups in total. The fourth-order valence-electron chi connectivity index (χ4n) is 2.81. The number of aryl methyl sites for hydroxylation is 2. The van der Waals surface area contributed by atoms with E-state index in [-0.39, 0.29) is 17.6 Å². The van der Waals surface area contributed by atoms with E-state index in [1.54, 1.807) is 4.68 Å². The summed E-state index contributed by atoms with van der Waals surface area (Å²) >= 11 is 1.33. The molecule has 0 spiro atoms. The molecule has 6 nitrogen and oxygen atoms in total. The second-order valence-electron chi connectivity index (χ2n) is 6.57. The third kappa shape index (κ3) is 4.95. The number of hydrogen-bond acceptors (Lipinski definition) is 5. The first-order chi connectivity index (χ1) is 13.0. The Morgan fingerprint density at radius 1 is 1.19 bits per heavy atom. The molecule has 140 valence electrons. The van der Waals surface area contributed by atoms with Crippen molar-refractivity contribution in [1.82, 2.24) is 25.5 Å². The number of rotatable bonds is 7. The van der Waals surface area contributed by atoms with Gasteiger partial charge in [-0.15, -0.1) is 5.10 Å². The summed E-state index contributed by atoms with van der Waals surface area (Å²) in [6.45, 7) is 6.78. The summed E-state index contributed by atoms with van der Waals surface area (Å²) in [6, 6.07) is 16.3. The van der Waals surface area contributed by atoms with Gasteiger partial charge in [-0.1, -0.05) is 66.7 Å². The minimum absolute atomic E-state index is 0.0297. The molecule has 0 aliphatic rings. The van der Waals surface area contributed by atoms with E-state index in [1.807, 2.05) is 44.2 Å². The summed E-state index contributed by atoms with van der Waals surface area (Å²) in [5, 5.41) is 15.5. The molecule has 7 heteroatoms. The van der Waals surface area contributed by atoms with Crippen molar-refractivity contribution in [3.63, 3.8) is 0 Å². The molecule has 3 aromatic rings. The molecule has 0 saturated heterocycles. The molecule has 0 saturated carbocycles. The van der Waals surface area contributed by atoms with E-state index >= 15 is 0 Å². The standard InChI is InChI=1S/C20H23N5OS/c1-14-9-10-18(15(2)11-14)25-20(22-23-24-25)27-13-19(26)21-12-16(3)17-7-5-4-6-8-17/h4-11,16H,12-13H2,1-3H3,(H,21,26)/t16-/m0/s1. The smallest absolute Gasteiger partial charge is 0.230 e. The Balaban J connectivity index is 1.56. The Morgan fingerprint density at radius 3 is 2.70 bits per heavy atom. The van der Waals surface area contributed by atoms with E-state index in [2.05, 4.69) is 46.0 Å². The summed E-state index contributed by atoms with van der Waals surface area (Å²) in [5.41, 5.74) is 4.41. The van der Waals surface area contributed by atoms with Crippen LogP contribution in [0.3, 0.4) is 0 Å². The highest BCUT2D eigenvalue weighted by Crippen LogP contribution is 2.21. The number of carbonyl (C=O) groups excluding carboxylic acids is 1. The number of thioether (sulfide) groups is 1. The monoisotopic (exact) mass is 381 g/mol. The average Bonchev–Trinajstić information content (AvgIpc) is 3.13. The number of carbonyl (C=O) groups is 1. The maximum atomic E-state index is 12.2. The van der Waals surface area contributed by atoms with Crippen LogP contribution in [0.15, 0.2) is 53.7 Å². The van der Waals surface area contributed by atoms with E-state index in [4.69, 9.17) is 0 Å². The number of aromatic nitrogens is 4. The fourth-order valence-corrected chi connectivity index (χ4v) is 3.52. The molecule has 1 heterocycles. The van der Waals surface area contributed by atoms with Crippen molar-refractivity contribution in [2.24, 2.45) is 0 Å². The van der Waals surface area contributed by atoms with Gasteiger partial charge in [0.15, 0.2) is 0 Å². The predicted molar refractivity (Wildman–Crippen MR) is 107 cm³/mol. The second kappa shape index (κ2) is 8.81. The van der Waals surface area contributed by atoms with Crippen LogP contribution in [0.5, 0.6) is 0 Å². The van der Waals surface area contributed by atoms with Crippen LogP contribution in [0.1, 0.15) is 29.5 Å². The molecular weight excluding hydrogens is 358 g/mol. The van der Waals surface area contributed by atoms with Crippen molar-refractivity contribution in [1.29, 1.82) is 0 Å². The van der Waals surface area contributed by atoms with Crippen molar-refractivity contribution in [2.75, 3.05) is 12.3 Å². The van der Waals surface area contributed by atoms with E-state index in [0.717, 1.165) is 11.3 Å². The number of nitrogens with one attached hydrogen (secondary N) is 1. The summed E-state index contributed by atoms with van der Waals surface area (Å²) in [7, 11) is 0. The second-order valence-corrected chi connectivity index (χ2v) is 7.51. The zero-order valence-corrected chi connectivity index (χ0v) is 16.5.